The summed E-state index contributed by atoms with van der Waals surface area (Å²) in [5.41, 5.74) is 3.34. The Balaban J connectivity index is 1.18. The third kappa shape index (κ3) is 11.1. The summed E-state index contributed by atoms with van der Waals surface area (Å²) < 4.78 is 25.8. The topological polar surface area (TPSA) is 124 Å². The van der Waals surface area contributed by atoms with Gasteiger partial charge in [0.25, 0.3) is 0 Å². The van der Waals surface area contributed by atoms with Gasteiger partial charge in [0.15, 0.2) is 0 Å². The molecule has 2 heterocycles. The zero-order chi connectivity index (χ0) is 38.1. The molecule has 53 heavy (non-hydrogen) atoms. The number of carbonyl (C=O) groups excluding carboxylic acids is 2. The number of amides is 3. The average molecular weight is 752 g/mol. The molecule has 1 atom stereocenters. The van der Waals surface area contributed by atoms with Gasteiger partial charge in [-0.1, -0.05) is 41.9 Å². The van der Waals surface area contributed by atoms with E-state index in [0.717, 1.165) is 23.2 Å². The molecule has 3 amide bonds. The number of rotatable bonds is 12. The van der Waals surface area contributed by atoms with Crippen molar-refractivity contribution in [2.75, 3.05) is 57.7 Å². The standard InChI is InChI=1S/C40H51ClFN5O6/c1-5-52-35-12-8-10-33(42)32(35)26-46-21-23-47(24-22-46)37(48)36(44-38(49)50)27-15-18-45(19-16-27)20-17-28-25-29(41)13-14-30(28)31-9-6-7-11-34(31)43-39(51)53-40(2,3)4/h6-14,25,27,36,44H,5,15-24,26H2,1-4H3,(H,43,51)(H,49,50)/t36-/m1/s1. The molecule has 3 N–H and O–H groups in total. The lowest BCUT2D eigenvalue weighted by molar-refractivity contribution is -0.137. The van der Waals surface area contributed by atoms with E-state index in [0.29, 0.717) is 93.7 Å². The van der Waals surface area contributed by atoms with E-state index in [2.05, 4.69) is 20.4 Å². The third-order valence-corrected chi connectivity index (χ3v) is 9.94. The lowest BCUT2D eigenvalue weighted by atomic mass is 9.88. The minimum absolute atomic E-state index is 0.146. The van der Waals surface area contributed by atoms with Crippen LogP contribution in [0.2, 0.25) is 5.02 Å². The largest absolute Gasteiger partial charge is 0.493 e. The quantitative estimate of drug-likeness (QED) is 0.179. The van der Waals surface area contributed by atoms with Crippen molar-refractivity contribution in [3.05, 3.63) is 82.6 Å². The van der Waals surface area contributed by atoms with E-state index in [9.17, 15) is 23.9 Å². The molecule has 0 bridgehead atoms. The Labute approximate surface area is 316 Å². The molecule has 0 aromatic heterocycles. The van der Waals surface area contributed by atoms with Crippen molar-refractivity contribution in [2.45, 2.75) is 65.1 Å². The number of anilines is 1. The number of nitrogens with zero attached hydrogens (tertiary/aromatic N) is 3. The van der Waals surface area contributed by atoms with Gasteiger partial charge in [-0.3, -0.25) is 15.0 Å². The van der Waals surface area contributed by atoms with E-state index in [1.54, 1.807) is 17.0 Å². The van der Waals surface area contributed by atoms with Crippen LogP contribution in [0.15, 0.2) is 60.7 Å². The molecule has 2 aliphatic rings. The van der Waals surface area contributed by atoms with Gasteiger partial charge in [-0.15, -0.1) is 0 Å². The van der Waals surface area contributed by atoms with Crippen LogP contribution < -0.4 is 15.4 Å². The second-order valence-electron chi connectivity index (χ2n) is 14.6. The number of hydrogen-bond acceptors (Lipinski definition) is 7. The SMILES string of the molecule is CCOc1cccc(F)c1CN1CCN(C(=O)[C@H](NC(=O)O)C2CCN(CCc3cc(Cl)ccc3-c3ccccc3NC(=O)OC(C)(C)C)CC2)CC1. The van der Waals surface area contributed by atoms with Gasteiger partial charge >= 0.3 is 12.2 Å². The number of ether oxygens (including phenoxy) is 2. The molecule has 3 aromatic carbocycles. The first-order valence-electron chi connectivity index (χ1n) is 18.3. The summed E-state index contributed by atoms with van der Waals surface area (Å²) in [5.74, 6) is -0.160. The molecule has 5 rings (SSSR count). The molecule has 13 heteroatoms. The summed E-state index contributed by atoms with van der Waals surface area (Å²) in [6.07, 6.45) is 0.267. The van der Waals surface area contributed by atoms with Crippen molar-refractivity contribution in [1.29, 1.82) is 0 Å². The van der Waals surface area contributed by atoms with Gasteiger partial charge in [0.2, 0.25) is 5.91 Å². The van der Waals surface area contributed by atoms with Gasteiger partial charge in [0.1, 0.15) is 23.2 Å². The Morgan fingerprint density at radius 2 is 1.66 bits per heavy atom. The molecular weight excluding hydrogens is 701 g/mol. The number of benzene rings is 3. The number of halogens is 2. The molecule has 2 aliphatic heterocycles. The molecule has 0 radical (unpaired) electrons. The fourth-order valence-corrected chi connectivity index (χ4v) is 7.30. The summed E-state index contributed by atoms with van der Waals surface area (Å²) in [5, 5.41) is 15.7. The highest BCUT2D eigenvalue weighted by Gasteiger charge is 2.36. The first-order valence-corrected chi connectivity index (χ1v) is 18.7. The molecule has 0 unspecified atom stereocenters. The lowest BCUT2D eigenvalue weighted by Gasteiger charge is -2.40. The van der Waals surface area contributed by atoms with Crippen molar-refractivity contribution >= 4 is 35.4 Å². The smallest absolute Gasteiger partial charge is 0.412 e. The molecule has 0 saturated carbocycles. The number of hydrogen-bond donors (Lipinski definition) is 3. The molecular formula is C40H51ClFN5O6. The summed E-state index contributed by atoms with van der Waals surface area (Å²) in [6, 6.07) is 17.3. The van der Waals surface area contributed by atoms with Crippen molar-refractivity contribution in [2.24, 2.45) is 5.92 Å². The normalized spacial score (nSPS) is 16.5. The van der Waals surface area contributed by atoms with Gasteiger partial charge in [-0.25, -0.2) is 14.0 Å². The Morgan fingerprint density at radius 3 is 2.34 bits per heavy atom. The predicted octanol–water partition coefficient (Wildman–Crippen LogP) is 7.13. The summed E-state index contributed by atoms with van der Waals surface area (Å²) in [6.45, 7) is 12.2. The fourth-order valence-electron chi connectivity index (χ4n) is 7.10. The number of likely N-dealkylation sites (tertiary alicyclic amines) is 1. The Morgan fingerprint density at radius 1 is 0.943 bits per heavy atom. The van der Waals surface area contributed by atoms with Crippen LogP contribution in [0.3, 0.4) is 0 Å². The van der Waals surface area contributed by atoms with Crippen LogP contribution in [0, 0.1) is 11.7 Å². The maximum absolute atomic E-state index is 14.7. The molecule has 3 aromatic rings. The number of carboxylic acid groups (broad SMARTS) is 1. The maximum atomic E-state index is 14.7. The first kappa shape index (κ1) is 39.8. The molecule has 0 spiro atoms. The monoisotopic (exact) mass is 751 g/mol. The average Bonchev–Trinajstić information content (AvgIpc) is 3.11. The summed E-state index contributed by atoms with van der Waals surface area (Å²) >= 11 is 6.46. The molecule has 0 aliphatic carbocycles. The highest BCUT2D eigenvalue weighted by Crippen LogP contribution is 2.34. The molecule has 11 nitrogen and oxygen atoms in total. The zero-order valence-electron chi connectivity index (χ0n) is 31.0. The zero-order valence-corrected chi connectivity index (χ0v) is 31.8. The number of para-hydroxylation sites is 1. The van der Waals surface area contributed by atoms with E-state index in [1.165, 1.54) is 6.07 Å². The second kappa shape index (κ2) is 18.1. The van der Waals surface area contributed by atoms with Crippen LogP contribution >= 0.6 is 11.6 Å². The van der Waals surface area contributed by atoms with Gasteiger partial charge in [-0.2, -0.15) is 0 Å². The van der Waals surface area contributed by atoms with Crippen LogP contribution in [0.4, 0.5) is 19.7 Å². The number of piperazine rings is 1. The van der Waals surface area contributed by atoms with Crippen molar-refractivity contribution in [1.82, 2.24) is 20.0 Å². The minimum Gasteiger partial charge on any atom is -0.493 e. The van der Waals surface area contributed by atoms with Crippen LogP contribution in [0.1, 0.15) is 51.7 Å². The fraction of sp³-hybridized carbons (Fsp3) is 0.475. The van der Waals surface area contributed by atoms with Crippen LogP contribution in [-0.2, 0) is 22.5 Å². The number of nitrogens with one attached hydrogen (secondary N) is 2. The first-order chi connectivity index (χ1) is 25.3. The van der Waals surface area contributed by atoms with Gasteiger partial charge in [-0.05, 0) is 107 Å². The Bertz CT molecular complexity index is 1740. The van der Waals surface area contributed by atoms with E-state index in [-0.39, 0.29) is 17.6 Å². The van der Waals surface area contributed by atoms with E-state index in [4.69, 9.17) is 21.1 Å². The number of piperidine rings is 1. The van der Waals surface area contributed by atoms with Crippen LogP contribution in [-0.4, -0.2) is 102 Å². The third-order valence-electron chi connectivity index (χ3n) is 9.71. The maximum Gasteiger partial charge on any atom is 0.412 e. The van der Waals surface area contributed by atoms with Crippen molar-refractivity contribution in [3.8, 4) is 16.9 Å². The Hall–Kier alpha value is -4.39. The van der Waals surface area contributed by atoms with Crippen LogP contribution in [0.5, 0.6) is 5.75 Å². The molecule has 286 valence electrons. The van der Waals surface area contributed by atoms with E-state index < -0.39 is 23.8 Å². The number of carbonyl (C=O) groups is 3. The molecule has 2 saturated heterocycles. The Kier molecular flexibility index (Phi) is 13.6. The second-order valence-corrected chi connectivity index (χ2v) is 15.0. The molecule has 2 fully saturated rings. The van der Waals surface area contributed by atoms with Crippen molar-refractivity contribution < 1.29 is 33.4 Å². The summed E-state index contributed by atoms with van der Waals surface area (Å²) in [4.78, 5) is 44.4. The minimum atomic E-state index is -1.22. The highest BCUT2D eigenvalue weighted by atomic mass is 35.5. The van der Waals surface area contributed by atoms with E-state index in [1.807, 2.05) is 70.2 Å². The van der Waals surface area contributed by atoms with Crippen molar-refractivity contribution in [3.63, 3.8) is 0 Å². The van der Waals surface area contributed by atoms with E-state index >= 15 is 0 Å². The lowest BCUT2D eigenvalue weighted by Crippen LogP contribution is -2.58. The summed E-state index contributed by atoms with van der Waals surface area (Å²) in [7, 11) is 0. The highest BCUT2D eigenvalue weighted by molar-refractivity contribution is 6.30. The van der Waals surface area contributed by atoms with Gasteiger partial charge in [0.05, 0.1) is 12.3 Å². The van der Waals surface area contributed by atoms with Gasteiger partial charge < -0.3 is 29.7 Å². The predicted molar refractivity (Wildman–Crippen MR) is 204 cm³/mol. The van der Waals surface area contributed by atoms with Crippen LogP contribution in [0.25, 0.3) is 11.1 Å². The van der Waals surface area contributed by atoms with Gasteiger partial charge in [0, 0.05) is 55.4 Å².